The number of anilines is 2. The van der Waals surface area contributed by atoms with E-state index in [2.05, 4.69) is 10.0 Å². The smallest absolute Gasteiger partial charge is 0.261 e. The van der Waals surface area contributed by atoms with Crippen LogP contribution >= 0.6 is 23.4 Å². The molecule has 1 saturated heterocycles. The van der Waals surface area contributed by atoms with E-state index in [0.29, 0.717) is 34.4 Å². The van der Waals surface area contributed by atoms with Gasteiger partial charge in [0, 0.05) is 23.0 Å². The number of hydrogen-bond acceptors (Lipinski definition) is 5. The molecule has 1 fully saturated rings. The Bertz CT molecular complexity index is 1160. The highest BCUT2D eigenvalue weighted by Crippen LogP contribution is 2.38. The highest BCUT2D eigenvalue weighted by molar-refractivity contribution is 8.01. The fourth-order valence-corrected chi connectivity index (χ4v) is 6.05. The molecule has 10 heteroatoms. The van der Waals surface area contributed by atoms with Gasteiger partial charge in [0.05, 0.1) is 16.3 Å². The third kappa shape index (κ3) is 4.89. The summed E-state index contributed by atoms with van der Waals surface area (Å²) in [5.74, 6) is -0.612. The molecule has 2 heterocycles. The molecule has 0 aliphatic carbocycles. The Labute approximate surface area is 196 Å². The minimum atomic E-state index is -3.89. The molecule has 170 valence electrons. The van der Waals surface area contributed by atoms with Crippen LogP contribution in [-0.2, 0) is 19.6 Å². The quantitative estimate of drug-likeness (QED) is 0.620. The minimum Gasteiger partial charge on any atom is -0.341 e. The highest BCUT2D eigenvalue weighted by Gasteiger charge is 2.36. The number of hydrogen-bond donors (Lipinski definition) is 2. The summed E-state index contributed by atoms with van der Waals surface area (Å²) in [5, 5.41) is 2.31. The Balaban J connectivity index is 1.53. The molecular weight excluding hydrogens is 470 g/mol. The lowest BCUT2D eigenvalue weighted by atomic mass is 10.2. The van der Waals surface area contributed by atoms with Crippen LogP contribution in [0.2, 0.25) is 5.02 Å². The van der Waals surface area contributed by atoms with Gasteiger partial charge in [-0.1, -0.05) is 30.5 Å². The number of fused-ring (bicyclic) bond motifs is 1. The zero-order valence-corrected chi connectivity index (χ0v) is 19.9. The molecule has 2 aromatic carbocycles. The maximum Gasteiger partial charge on any atom is 0.261 e. The second-order valence-electron chi connectivity index (χ2n) is 7.95. The van der Waals surface area contributed by atoms with Gasteiger partial charge >= 0.3 is 0 Å². The van der Waals surface area contributed by atoms with Crippen LogP contribution in [0.3, 0.4) is 0 Å². The first-order chi connectivity index (χ1) is 15.2. The van der Waals surface area contributed by atoms with Crippen LogP contribution in [0.5, 0.6) is 0 Å². The number of thioether (sulfide) groups is 1. The van der Waals surface area contributed by atoms with Gasteiger partial charge in [-0.3, -0.25) is 14.3 Å². The van der Waals surface area contributed by atoms with Gasteiger partial charge in [-0.05, 0) is 55.7 Å². The number of nitrogens with zero attached hydrogens (tertiary/aromatic N) is 1. The number of halogens is 1. The van der Waals surface area contributed by atoms with Crippen LogP contribution < -0.4 is 10.0 Å². The number of aryl methyl sites for hydroxylation is 1. The number of amides is 2. The van der Waals surface area contributed by atoms with Crippen molar-refractivity contribution < 1.29 is 18.0 Å². The van der Waals surface area contributed by atoms with Crippen molar-refractivity contribution in [3.05, 3.63) is 47.0 Å². The Hall–Kier alpha value is -2.23. The number of carbonyl (C=O) groups is 2. The Kier molecular flexibility index (Phi) is 6.69. The van der Waals surface area contributed by atoms with Gasteiger partial charge < -0.3 is 10.2 Å². The molecular formula is C22H24ClN3O4S2. The summed E-state index contributed by atoms with van der Waals surface area (Å²) in [6.07, 6.45) is 4.08. The molecule has 2 amide bonds. The van der Waals surface area contributed by atoms with Crippen LogP contribution in [0.1, 0.15) is 31.2 Å². The fraction of sp³-hybridized carbons (Fsp3) is 0.364. The second-order valence-corrected chi connectivity index (χ2v) is 11.2. The van der Waals surface area contributed by atoms with Crippen molar-refractivity contribution in [1.82, 2.24) is 4.90 Å². The first-order valence-electron chi connectivity index (χ1n) is 10.4. The molecule has 0 spiro atoms. The Morgan fingerprint density at radius 2 is 1.84 bits per heavy atom. The molecule has 0 saturated carbocycles. The first kappa shape index (κ1) is 22.9. The molecule has 1 atom stereocenters. The van der Waals surface area contributed by atoms with E-state index >= 15 is 0 Å². The standard InChI is InChI=1S/C22H24ClN3O4S2/c1-14-6-7-15(12-17(14)23)25-32(29,30)16-8-9-19-18(13-16)24-21(27)20(31-19)22(28)26-10-4-2-3-5-11-26/h6-9,12-13,20,25H,2-5,10-11H2,1H3,(H,24,27)/t20-/m0/s1. The van der Waals surface area contributed by atoms with Gasteiger partial charge in [-0.25, -0.2) is 8.42 Å². The van der Waals surface area contributed by atoms with Crippen molar-refractivity contribution in [3.8, 4) is 0 Å². The minimum absolute atomic E-state index is 0.00569. The highest BCUT2D eigenvalue weighted by atomic mass is 35.5. The number of sulfonamides is 1. The van der Waals surface area contributed by atoms with Crippen LogP contribution in [-0.4, -0.2) is 43.5 Å². The average molecular weight is 494 g/mol. The largest absolute Gasteiger partial charge is 0.341 e. The van der Waals surface area contributed by atoms with E-state index in [9.17, 15) is 18.0 Å². The summed E-state index contributed by atoms with van der Waals surface area (Å²) < 4.78 is 28.2. The lowest BCUT2D eigenvalue weighted by Crippen LogP contribution is -2.45. The number of carbonyl (C=O) groups excluding carboxylic acids is 2. The van der Waals surface area contributed by atoms with Crippen LogP contribution in [0.4, 0.5) is 11.4 Å². The molecule has 7 nitrogen and oxygen atoms in total. The second kappa shape index (κ2) is 9.33. The predicted octanol–water partition coefficient (Wildman–Crippen LogP) is 4.26. The third-order valence-corrected chi connectivity index (χ3v) is 8.62. The summed E-state index contributed by atoms with van der Waals surface area (Å²) in [4.78, 5) is 28.1. The van der Waals surface area contributed by atoms with Crippen LogP contribution in [0.15, 0.2) is 46.2 Å². The monoisotopic (exact) mass is 493 g/mol. The van der Waals surface area contributed by atoms with Crippen molar-refractivity contribution in [2.75, 3.05) is 23.1 Å². The van der Waals surface area contributed by atoms with Gasteiger partial charge in [-0.2, -0.15) is 0 Å². The first-order valence-corrected chi connectivity index (χ1v) is 13.2. The lowest BCUT2D eigenvalue weighted by Gasteiger charge is -2.28. The van der Waals surface area contributed by atoms with Crippen molar-refractivity contribution in [2.24, 2.45) is 0 Å². The summed E-state index contributed by atoms with van der Waals surface area (Å²) in [6.45, 7) is 3.17. The Morgan fingerprint density at radius 3 is 2.53 bits per heavy atom. The number of benzene rings is 2. The molecule has 2 N–H and O–H groups in total. The number of likely N-dealkylation sites (tertiary alicyclic amines) is 1. The normalized spacial score (nSPS) is 19.0. The molecule has 0 radical (unpaired) electrons. The summed E-state index contributed by atoms with van der Waals surface area (Å²) in [5.41, 5.74) is 1.57. The van der Waals surface area contributed by atoms with E-state index in [1.807, 2.05) is 6.92 Å². The summed E-state index contributed by atoms with van der Waals surface area (Å²) in [6, 6.07) is 9.40. The van der Waals surface area contributed by atoms with E-state index < -0.39 is 21.2 Å². The van der Waals surface area contributed by atoms with E-state index in [1.165, 1.54) is 12.1 Å². The third-order valence-electron chi connectivity index (χ3n) is 5.57. The fourth-order valence-electron chi connectivity index (χ4n) is 3.75. The van der Waals surface area contributed by atoms with Crippen molar-refractivity contribution in [2.45, 2.75) is 47.6 Å². The van der Waals surface area contributed by atoms with E-state index in [-0.39, 0.29) is 10.8 Å². The molecule has 0 aromatic heterocycles. The zero-order valence-electron chi connectivity index (χ0n) is 17.6. The molecule has 2 aliphatic heterocycles. The van der Waals surface area contributed by atoms with Gasteiger partial charge in [-0.15, -0.1) is 11.8 Å². The maximum atomic E-state index is 12.9. The Morgan fingerprint density at radius 1 is 1.12 bits per heavy atom. The maximum absolute atomic E-state index is 12.9. The summed E-state index contributed by atoms with van der Waals surface area (Å²) >= 11 is 7.25. The van der Waals surface area contributed by atoms with Crippen LogP contribution in [0, 0.1) is 6.92 Å². The molecule has 0 bridgehead atoms. The van der Waals surface area contributed by atoms with E-state index in [1.54, 1.807) is 29.2 Å². The number of rotatable bonds is 4. The molecule has 0 unspecified atom stereocenters. The van der Waals surface area contributed by atoms with Crippen molar-refractivity contribution in [1.29, 1.82) is 0 Å². The molecule has 32 heavy (non-hydrogen) atoms. The SMILES string of the molecule is Cc1ccc(NS(=O)(=O)c2ccc3c(c2)NC(=O)[C@@H](C(=O)N2CCCCCC2)S3)cc1Cl. The predicted molar refractivity (Wildman–Crippen MR) is 127 cm³/mol. The average Bonchev–Trinajstić information content (AvgIpc) is 3.04. The molecule has 4 rings (SSSR count). The number of nitrogens with one attached hydrogen (secondary N) is 2. The van der Waals surface area contributed by atoms with Crippen molar-refractivity contribution >= 4 is 56.6 Å². The van der Waals surface area contributed by atoms with Gasteiger partial charge in [0.1, 0.15) is 0 Å². The molecule has 2 aliphatic rings. The van der Waals surface area contributed by atoms with Gasteiger partial charge in [0.25, 0.3) is 10.0 Å². The van der Waals surface area contributed by atoms with Crippen LogP contribution in [0.25, 0.3) is 0 Å². The zero-order chi connectivity index (χ0) is 22.9. The summed E-state index contributed by atoms with van der Waals surface area (Å²) in [7, 11) is -3.89. The van der Waals surface area contributed by atoms with Crippen molar-refractivity contribution in [3.63, 3.8) is 0 Å². The molecule has 2 aromatic rings. The van der Waals surface area contributed by atoms with E-state index in [4.69, 9.17) is 11.6 Å². The topological polar surface area (TPSA) is 95.6 Å². The van der Waals surface area contributed by atoms with Gasteiger partial charge in [0.15, 0.2) is 5.25 Å². The lowest BCUT2D eigenvalue weighted by molar-refractivity contribution is -0.133. The van der Waals surface area contributed by atoms with Gasteiger partial charge in [0.2, 0.25) is 11.8 Å². The van der Waals surface area contributed by atoms with E-state index in [0.717, 1.165) is 43.0 Å².